The summed E-state index contributed by atoms with van der Waals surface area (Å²) in [5.41, 5.74) is 2.92. The highest BCUT2D eigenvalue weighted by Crippen LogP contribution is 2.28. The van der Waals surface area contributed by atoms with E-state index in [1.54, 1.807) is 35.6 Å². The largest absolute Gasteiger partial charge is 0.490 e. The second-order valence-electron chi connectivity index (χ2n) is 8.01. The third kappa shape index (κ3) is 9.26. The molecule has 3 N–H and O–H groups in total. The number of aliphatic carboxylic acids is 1. The topological polar surface area (TPSA) is 107 Å². The Labute approximate surface area is 216 Å². The number of carboxylic acid groups (broad SMARTS) is 2. The fraction of sp³-hybridized carbons (Fsp3) is 0.269. The van der Waals surface area contributed by atoms with Gasteiger partial charge < -0.3 is 20.4 Å². The lowest BCUT2D eigenvalue weighted by Gasteiger charge is -2.26. The number of thiophene rings is 1. The molecule has 0 bridgehead atoms. The molecule has 0 aliphatic rings. The summed E-state index contributed by atoms with van der Waals surface area (Å²) < 4.78 is 31.7. The number of carbonyl (C=O) groups is 3. The van der Waals surface area contributed by atoms with Crippen LogP contribution < -0.4 is 10.2 Å². The molecule has 0 aliphatic heterocycles. The highest BCUT2D eigenvalue weighted by atomic mass is 32.1. The lowest BCUT2D eigenvalue weighted by molar-refractivity contribution is -0.192. The molecular weight excluding hydrogens is 509 g/mol. The lowest BCUT2D eigenvalue weighted by atomic mass is 10.1. The van der Waals surface area contributed by atoms with Gasteiger partial charge in [0.1, 0.15) is 0 Å². The van der Waals surface area contributed by atoms with E-state index in [2.05, 4.69) is 23.2 Å². The lowest BCUT2D eigenvalue weighted by Crippen LogP contribution is -2.25. The van der Waals surface area contributed by atoms with Crippen LogP contribution in [-0.4, -0.2) is 40.8 Å². The van der Waals surface area contributed by atoms with Gasteiger partial charge in [-0.15, -0.1) is 11.3 Å². The zero-order valence-corrected chi connectivity index (χ0v) is 21.0. The van der Waals surface area contributed by atoms with Crippen LogP contribution in [0.4, 0.5) is 24.5 Å². The van der Waals surface area contributed by atoms with E-state index in [-0.39, 0.29) is 11.5 Å². The molecule has 37 heavy (non-hydrogen) atoms. The molecule has 1 heterocycles. The van der Waals surface area contributed by atoms with Gasteiger partial charge in [-0.25, -0.2) is 9.59 Å². The molecular formula is C26H27F3N2O5S. The summed E-state index contributed by atoms with van der Waals surface area (Å²) in [7, 11) is 0. The molecule has 0 fully saturated rings. The van der Waals surface area contributed by atoms with Crippen LogP contribution in [0.2, 0.25) is 0 Å². The Morgan fingerprint density at radius 2 is 1.68 bits per heavy atom. The Morgan fingerprint density at radius 1 is 1.03 bits per heavy atom. The summed E-state index contributed by atoms with van der Waals surface area (Å²) in [5, 5.41) is 21.8. The number of alkyl halides is 3. The van der Waals surface area contributed by atoms with Crippen LogP contribution in [0.5, 0.6) is 0 Å². The van der Waals surface area contributed by atoms with Crippen LogP contribution in [0.25, 0.3) is 0 Å². The SMILES string of the molecule is CCCCN(Cc1cccs1)c1ccc(NC(=O)c2ccc(C)cc2)cc1C(=O)O.O=C(O)C(F)(F)F. The third-order valence-electron chi connectivity index (χ3n) is 5.09. The molecule has 2 aromatic carbocycles. The van der Waals surface area contributed by atoms with Gasteiger partial charge >= 0.3 is 18.1 Å². The van der Waals surface area contributed by atoms with Gasteiger partial charge in [0, 0.05) is 22.7 Å². The van der Waals surface area contributed by atoms with Crippen molar-refractivity contribution in [2.24, 2.45) is 0 Å². The van der Waals surface area contributed by atoms with E-state index < -0.39 is 18.1 Å². The molecule has 3 aromatic rings. The summed E-state index contributed by atoms with van der Waals surface area (Å²) >= 11 is 1.66. The monoisotopic (exact) mass is 536 g/mol. The molecule has 0 spiro atoms. The Bertz CT molecular complexity index is 1200. The predicted molar refractivity (Wildman–Crippen MR) is 137 cm³/mol. The zero-order chi connectivity index (χ0) is 27.6. The van der Waals surface area contributed by atoms with Gasteiger partial charge in [-0.1, -0.05) is 37.1 Å². The van der Waals surface area contributed by atoms with E-state index in [4.69, 9.17) is 9.90 Å². The normalized spacial score (nSPS) is 10.7. The van der Waals surface area contributed by atoms with Crippen molar-refractivity contribution < 1.29 is 37.8 Å². The van der Waals surface area contributed by atoms with Crippen LogP contribution >= 0.6 is 11.3 Å². The van der Waals surface area contributed by atoms with E-state index in [0.717, 1.165) is 24.9 Å². The Balaban J connectivity index is 0.000000604. The molecule has 7 nitrogen and oxygen atoms in total. The first-order valence-corrected chi connectivity index (χ1v) is 12.1. The summed E-state index contributed by atoms with van der Waals surface area (Å²) in [4.78, 5) is 36.7. The molecule has 0 saturated carbocycles. The second kappa shape index (κ2) is 13.4. The van der Waals surface area contributed by atoms with Crippen molar-refractivity contribution in [2.45, 2.75) is 39.4 Å². The number of amides is 1. The maximum atomic E-state index is 12.5. The standard InChI is InChI=1S/C24H26N2O3S.C2HF3O2/c1-3-4-13-26(16-20-6-5-14-30-20)22-12-11-19(15-21(22)24(28)29)25-23(27)18-9-7-17(2)8-10-18;3-2(4,5)1(6)7/h5-12,14-15H,3-4,13,16H2,1-2H3,(H,25,27)(H,28,29);(H,6,7). The second-order valence-corrected chi connectivity index (χ2v) is 9.05. The van der Waals surface area contributed by atoms with Crippen LogP contribution in [0.1, 0.15) is 50.9 Å². The number of benzene rings is 2. The van der Waals surface area contributed by atoms with Crippen LogP contribution in [0.15, 0.2) is 60.0 Å². The van der Waals surface area contributed by atoms with Crippen molar-refractivity contribution in [2.75, 3.05) is 16.8 Å². The molecule has 0 saturated heterocycles. The molecule has 1 amide bonds. The number of unbranched alkanes of at least 4 members (excludes halogenated alkanes) is 1. The van der Waals surface area contributed by atoms with E-state index in [9.17, 15) is 27.9 Å². The molecule has 1 aromatic heterocycles. The van der Waals surface area contributed by atoms with Crippen molar-refractivity contribution in [1.82, 2.24) is 0 Å². The summed E-state index contributed by atoms with van der Waals surface area (Å²) in [5.74, 6) is -4.03. The first kappa shape index (κ1) is 29.4. The number of nitrogens with zero attached hydrogens (tertiary/aromatic N) is 1. The Morgan fingerprint density at radius 3 is 2.19 bits per heavy atom. The number of anilines is 2. The number of nitrogens with one attached hydrogen (secondary N) is 1. The van der Waals surface area contributed by atoms with Crippen LogP contribution in [-0.2, 0) is 11.3 Å². The zero-order valence-electron chi connectivity index (χ0n) is 20.2. The van der Waals surface area contributed by atoms with Crippen LogP contribution in [0.3, 0.4) is 0 Å². The number of hydrogen-bond acceptors (Lipinski definition) is 5. The van der Waals surface area contributed by atoms with Gasteiger partial charge in [-0.3, -0.25) is 4.79 Å². The maximum absolute atomic E-state index is 12.5. The molecule has 198 valence electrons. The predicted octanol–water partition coefficient (Wildman–Crippen LogP) is 6.45. The van der Waals surface area contributed by atoms with E-state index in [0.29, 0.717) is 23.5 Å². The Hall–Kier alpha value is -3.86. The summed E-state index contributed by atoms with van der Waals surface area (Å²) in [6.45, 7) is 5.50. The van der Waals surface area contributed by atoms with Crippen molar-refractivity contribution in [1.29, 1.82) is 0 Å². The molecule has 11 heteroatoms. The fourth-order valence-electron chi connectivity index (χ4n) is 3.19. The van der Waals surface area contributed by atoms with E-state index in [1.807, 2.05) is 30.5 Å². The molecule has 0 atom stereocenters. The molecule has 3 rings (SSSR count). The number of rotatable bonds is 9. The number of hydrogen-bond donors (Lipinski definition) is 3. The number of aromatic carboxylic acids is 1. The van der Waals surface area contributed by atoms with Crippen molar-refractivity contribution in [3.8, 4) is 0 Å². The van der Waals surface area contributed by atoms with Crippen molar-refractivity contribution in [3.05, 3.63) is 81.5 Å². The number of carbonyl (C=O) groups excluding carboxylic acids is 1. The quantitative estimate of drug-likeness (QED) is 0.290. The van der Waals surface area contributed by atoms with Gasteiger partial charge in [0.25, 0.3) is 5.91 Å². The first-order chi connectivity index (χ1) is 17.4. The van der Waals surface area contributed by atoms with Crippen molar-refractivity contribution >= 4 is 40.6 Å². The van der Waals surface area contributed by atoms with Crippen molar-refractivity contribution in [3.63, 3.8) is 0 Å². The van der Waals surface area contributed by atoms with Gasteiger partial charge in [0.15, 0.2) is 0 Å². The first-order valence-electron chi connectivity index (χ1n) is 11.2. The van der Waals surface area contributed by atoms with Gasteiger partial charge in [0.05, 0.1) is 17.8 Å². The molecule has 0 unspecified atom stereocenters. The van der Waals surface area contributed by atoms with E-state index >= 15 is 0 Å². The highest BCUT2D eigenvalue weighted by Gasteiger charge is 2.38. The fourth-order valence-corrected chi connectivity index (χ4v) is 3.91. The smallest absolute Gasteiger partial charge is 0.478 e. The van der Waals surface area contributed by atoms with E-state index in [1.165, 1.54) is 10.9 Å². The van der Waals surface area contributed by atoms with Crippen LogP contribution in [0, 0.1) is 6.92 Å². The number of aryl methyl sites for hydroxylation is 1. The average molecular weight is 537 g/mol. The minimum absolute atomic E-state index is 0.185. The van der Waals surface area contributed by atoms with Gasteiger partial charge in [-0.2, -0.15) is 13.2 Å². The summed E-state index contributed by atoms with van der Waals surface area (Å²) in [6, 6.07) is 16.4. The minimum Gasteiger partial charge on any atom is -0.478 e. The Kier molecular flexibility index (Phi) is 10.7. The molecule has 0 radical (unpaired) electrons. The maximum Gasteiger partial charge on any atom is 0.490 e. The van der Waals surface area contributed by atoms with Gasteiger partial charge in [0.2, 0.25) is 0 Å². The third-order valence-corrected chi connectivity index (χ3v) is 5.95. The molecule has 0 aliphatic carbocycles. The highest BCUT2D eigenvalue weighted by molar-refractivity contribution is 7.09. The average Bonchev–Trinajstić information content (AvgIpc) is 3.35. The number of carboxylic acids is 2. The number of halogens is 3. The van der Waals surface area contributed by atoms with Gasteiger partial charge in [-0.05, 0) is 55.1 Å². The minimum atomic E-state index is -5.08. The summed E-state index contributed by atoms with van der Waals surface area (Å²) in [6.07, 6.45) is -3.09.